The summed E-state index contributed by atoms with van der Waals surface area (Å²) in [6, 6.07) is 16.3. The van der Waals surface area contributed by atoms with Crippen molar-refractivity contribution in [3.63, 3.8) is 0 Å². The monoisotopic (exact) mass is 391 g/mol. The van der Waals surface area contributed by atoms with Crippen molar-refractivity contribution >= 4 is 22.9 Å². The predicted molar refractivity (Wildman–Crippen MR) is 116 cm³/mol. The highest BCUT2D eigenvalue weighted by atomic mass is 32.1. The van der Waals surface area contributed by atoms with E-state index in [1.54, 1.807) is 16.2 Å². The molecule has 5 heteroatoms. The quantitative estimate of drug-likeness (QED) is 0.615. The molecule has 1 aromatic carbocycles. The first kappa shape index (κ1) is 18.7. The van der Waals surface area contributed by atoms with Gasteiger partial charge in [0.2, 0.25) is 0 Å². The Morgan fingerprint density at radius 1 is 1.11 bits per heavy atom. The van der Waals surface area contributed by atoms with Crippen LogP contribution in [0, 0.1) is 6.92 Å². The van der Waals surface area contributed by atoms with Gasteiger partial charge in [0.15, 0.2) is 0 Å². The lowest BCUT2D eigenvalue weighted by Gasteiger charge is -2.25. The minimum Gasteiger partial charge on any atom is -0.371 e. The molecule has 1 saturated heterocycles. The van der Waals surface area contributed by atoms with Gasteiger partial charge in [0, 0.05) is 32.4 Å². The van der Waals surface area contributed by atoms with Crippen LogP contribution in [0.5, 0.6) is 0 Å². The second-order valence-corrected chi connectivity index (χ2v) is 8.24. The number of thiophene rings is 1. The zero-order valence-electron chi connectivity index (χ0n) is 16.4. The average molecular weight is 392 g/mol. The number of pyridine rings is 1. The average Bonchev–Trinajstić information content (AvgIpc) is 3.42. The first-order chi connectivity index (χ1) is 13.6. The van der Waals surface area contributed by atoms with Crippen LogP contribution in [-0.4, -0.2) is 35.9 Å². The fourth-order valence-corrected chi connectivity index (χ4v) is 4.49. The summed E-state index contributed by atoms with van der Waals surface area (Å²) in [5, 5.41) is 2.04. The van der Waals surface area contributed by atoms with Gasteiger partial charge in [-0.15, -0.1) is 11.3 Å². The Hall–Kier alpha value is -2.66. The Bertz CT molecular complexity index is 962. The molecule has 144 valence electrons. The molecule has 0 atom stereocenters. The molecule has 0 aliphatic carbocycles. The first-order valence-corrected chi connectivity index (χ1v) is 10.6. The SMILES string of the molecule is Cc1nc(-c2cccs2)ccc1C(=O)N(C)Cc1ccccc1N1CCCC1. The van der Waals surface area contributed by atoms with Gasteiger partial charge < -0.3 is 9.80 Å². The fraction of sp³-hybridized carbons (Fsp3) is 0.304. The highest BCUT2D eigenvalue weighted by Gasteiger charge is 2.20. The summed E-state index contributed by atoms with van der Waals surface area (Å²) in [6.07, 6.45) is 2.48. The van der Waals surface area contributed by atoms with Crippen LogP contribution in [0.25, 0.3) is 10.6 Å². The van der Waals surface area contributed by atoms with Gasteiger partial charge in [-0.05, 0) is 55.0 Å². The molecule has 0 spiro atoms. The fourth-order valence-electron chi connectivity index (χ4n) is 3.79. The number of carbonyl (C=O) groups excluding carboxylic acids is 1. The minimum absolute atomic E-state index is 0.0129. The molecule has 1 fully saturated rings. The lowest BCUT2D eigenvalue weighted by atomic mass is 10.1. The van der Waals surface area contributed by atoms with E-state index < -0.39 is 0 Å². The van der Waals surface area contributed by atoms with Crippen molar-refractivity contribution in [2.45, 2.75) is 26.3 Å². The molecule has 3 heterocycles. The van der Waals surface area contributed by atoms with Crippen LogP contribution in [0.15, 0.2) is 53.9 Å². The standard InChI is InChI=1S/C23H25N3OS/c1-17-19(11-12-20(24-17)22-10-7-15-28-22)23(27)25(2)16-18-8-3-4-9-21(18)26-13-5-6-14-26/h3-4,7-12,15H,5-6,13-14,16H2,1-2H3. The highest BCUT2D eigenvalue weighted by Crippen LogP contribution is 2.27. The van der Waals surface area contributed by atoms with Crippen LogP contribution >= 0.6 is 11.3 Å². The Morgan fingerprint density at radius 3 is 2.61 bits per heavy atom. The molecule has 0 N–H and O–H groups in total. The zero-order valence-corrected chi connectivity index (χ0v) is 17.2. The van der Waals surface area contributed by atoms with Gasteiger partial charge in [0.25, 0.3) is 5.91 Å². The number of aromatic nitrogens is 1. The van der Waals surface area contributed by atoms with Gasteiger partial charge in [-0.2, -0.15) is 0 Å². The number of benzene rings is 1. The molecule has 2 aromatic heterocycles. The number of anilines is 1. The Balaban J connectivity index is 1.53. The van der Waals surface area contributed by atoms with Crippen molar-refractivity contribution in [3.8, 4) is 10.6 Å². The van der Waals surface area contributed by atoms with E-state index in [1.807, 2.05) is 37.6 Å². The first-order valence-electron chi connectivity index (χ1n) is 9.73. The number of aryl methyl sites for hydroxylation is 1. The molecule has 4 rings (SSSR count). The normalized spacial score (nSPS) is 13.7. The molecular formula is C23H25N3OS. The molecule has 3 aromatic rings. The molecule has 0 unspecified atom stereocenters. The third-order valence-corrected chi connectivity index (χ3v) is 6.17. The van der Waals surface area contributed by atoms with Crippen LogP contribution in [-0.2, 0) is 6.54 Å². The number of carbonyl (C=O) groups is 1. The van der Waals surface area contributed by atoms with Gasteiger partial charge in [0.1, 0.15) is 0 Å². The molecule has 0 radical (unpaired) electrons. The van der Waals surface area contributed by atoms with E-state index >= 15 is 0 Å². The van der Waals surface area contributed by atoms with E-state index in [2.05, 4.69) is 40.2 Å². The van der Waals surface area contributed by atoms with Crippen molar-refractivity contribution in [2.75, 3.05) is 25.0 Å². The lowest BCUT2D eigenvalue weighted by molar-refractivity contribution is 0.0784. The third-order valence-electron chi connectivity index (χ3n) is 5.28. The number of rotatable bonds is 5. The summed E-state index contributed by atoms with van der Waals surface area (Å²) in [4.78, 5) is 23.1. The molecular weight excluding hydrogens is 366 g/mol. The van der Waals surface area contributed by atoms with Gasteiger partial charge >= 0.3 is 0 Å². The summed E-state index contributed by atoms with van der Waals surface area (Å²) in [5.74, 6) is 0.0129. The summed E-state index contributed by atoms with van der Waals surface area (Å²) < 4.78 is 0. The van der Waals surface area contributed by atoms with Gasteiger partial charge in [-0.3, -0.25) is 9.78 Å². The maximum atomic E-state index is 13.1. The molecule has 1 aliphatic rings. The number of hydrogen-bond acceptors (Lipinski definition) is 4. The zero-order chi connectivity index (χ0) is 19.5. The number of hydrogen-bond donors (Lipinski definition) is 0. The number of nitrogens with zero attached hydrogens (tertiary/aromatic N) is 3. The van der Waals surface area contributed by atoms with E-state index in [4.69, 9.17) is 0 Å². The number of para-hydroxylation sites is 1. The van der Waals surface area contributed by atoms with E-state index in [9.17, 15) is 4.79 Å². The second-order valence-electron chi connectivity index (χ2n) is 7.29. The minimum atomic E-state index is 0.0129. The van der Waals surface area contributed by atoms with Crippen molar-refractivity contribution in [1.29, 1.82) is 0 Å². The third kappa shape index (κ3) is 3.80. The second kappa shape index (κ2) is 8.15. The largest absolute Gasteiger partial charge is 0.371 e. The van der Waals surface area contributed by atoms with Crippen molar-refractivity contribution in [1.82, 2.24) is 9.88 Å². The van der Waals surface area contributed by atoms with Gasteiger partial charge in [-0.1, -0.05) is 24.3 Å². The van der Waals surface area contributed by atoms with Crippen molar-refractivity contribution < 1.29 is 4.79 Å². The van der Waals surface area contributed by atoms with E-state index in [1.165, 1.54) is 24.1 Å². The Labute approximate surface area is 170 Å². The van der Waals surface area contributed by atoms with Crippen LogP contribution in [0.3, 0.4) is 0 Å². The molecule has 4 nitrogen and oxygen atoms in total. The van der Waals surface area contributed by atoms with Crippen LogP contribution < -0.4 is 4.90 Å². The van der Waals surface area contributed by atoms with E-state index in [-0.39, 0.29) is 5.91 Å². The molecule has 1 aliphatic heterocycles. The molecule has 0 saturated carbocycles. The summed E-state index contributed by atoms with van der Waals surface area (Å²) in [7, 11) is 1.87. The molecule has 28 heavy (non-hydrogen) atoms. The predicted octanol–water partition coefficient (Wildman–Crippen LogP) is 4.99. The van der Waals surface area contributed by atoms with Crippen molar-refractivity contribution in [3.05, 3.63) is 70.7 Å². The van der Waals surface area contributed by atoms with Crippen LogP contribution in [0.4, 0.5) is 5.69 Å². The van der Waals surface area contributed by atoms with Gasteiger partial charge in [-0.25, -0.2) is 0 Å². The smallest absolute Gasteiger partial charge is 0.255 e. The van der Waals surface area contributed by atoms with E-state index in [0.29, 0.717) is 12.1 Å². The summed E-state index contributed by atoms with van der Waals surface area (Å²) in [6.45, 7) is 4.71. The summed E-state index contributed by atoms with van der Waals surface area (Å²) in [5.41, 5.74) is 4.81. The Kier molecular flexibility index (Phi) is 5.44. The van der Waals surface area contributed by atoms with E-state index in [0.717, 1.165) is 29.4 Å². The van der Waals surface area contributed by atoms with Crippen LogP contribution in [0.1, 0.15) is 34.5 Å². The maximum absolute atomic E-state index is 13.1. The van der Waals surface area contributed by atoms with Crippen LogP contribution in [0.2, 0.25) is 0 Å². The summed E-state index contributed by atoms with van der Waals surface area (Å²) >= 11 is 1.66. The molecule has 0 bridgehead atoms. The highest BCUT2D eigenvalue weighted by molar-refractivity contribution is 7.13. The Morgan fingerprint density at radius 2 is 1.89 bits per heavy atom. The number of amides is 1. The maximum Gasteiger partial charge on any atom is 0.255 e. The lowest BCUT2D eigenvalue weighted by Crippen LogP contribution is -2.28. The topological polar surface area (TPSA) is 36.4 Å². The van der Waals surface area contributed by atoms with Crippen molar-refractivity contribution in [2.24, 2.45) is 0 Å². The van der Waals surface area contributed by atoms with Gasteiger partial charge in [0.05, 0.1) is 21.8 Å². The molecule has 1 amide bonds.